The van der Waals surface area contributed by atoms with E-state index in [4.69, 9.17) is 11.1 Å². The average Bonchev–Trinajstić information content (AvgIpc) is 3.21. The Labute approximate surface area is 210 Å². The molecule has 2 heterocycles. The highest BCUT2D eigenvalue weighted by atomic mass is 32.2. The summed E-state index contributed by atoms with van der Waals surface area (Å²) in [6.07, 6.45) is 1.32. The molecule has 0 radical (unpaired) electrons. The SMILES string of the molecule is C.CC1=CC(=O)N(CCOC(=O)N=[N+]=[N-])C1=O.CC1=CC(=O)N(c2ccc(S(=O)(=O)N=[N+]=[N-])cc2)C1=O. The molecule has 3 rings (SSSR count). The van der Waals surface area contributed by atoms with Gasteiger partial charge in [-0.25, -0.2) is 18.1 Å². The van der Waals surface area contributed by atoms with Crippen molar-refractivity contribution in [1.29, 1.82) is 0 Å². The largest absolute Gasteiger partial charge is 0.459 e. The van der Waals surface area contributed by atoms with Gasteiger partial charge in [0.15, 0.2) is 0 Å². The van der Waals surface area contributed by atoms with Crippen molar-refractivity contribution < 1.29 is 37.1 Å². The fraction of sp³-hybridized carbons (Fsp3) is 0.250. The van der Waals surface area contributed by atoms with Gasteiger partial charge in [0.2, 0.25) is 0 Å². The van der Waals surface area contributed by atoms with Gasteiger partial charge < -0.3 is 4.74 Å². The molecule has 0 saturated heterocycles. The van der Waals surface area contributed by atoms with Crippen LogP contribution in [0.2, 0.25) is 0 Å². The normalized spacial score (nSPS) is 14.4. The number of imide groups is 2. The number of nitrogens with zero attached hydrogens (tertiary/aromatic N) is 8. The van der Waals surface area contributed by atoms with Crippen molar-refractivity contribution in [1.82, 2.24) is 4.90 Å². The van der Waals surface area contributed by atoms with Gasteiger partial charge in [0, 0.05) is 42.8 Å². The summed E-state index contributed by atoms with van der Waals surface area (Å²) < 4.78 is 30.1. The van der Waals surface area contributed by atoms with Crippen LogP contribution < -0.4 is 4.90 Å². The third-order valence-electron chi connectivity index (χ3n) is 4.49. The van der Waals surface area contributed by atoms with Gasteiger partial charge in [-0.2, -0.15) is 0 Å². The number of rotatable bonds is 6. The van der Waals surface area contributed by atoms with E-state index in [1.807, 2.05) is 0 Å². The Kier molecular flexibility index (Phi) is 10.3. The zero-order valence-corrected chi connectivity index (χ0v) is 19.4. The molecule has 0 spiro atoms. The quantitative estimate of drug-likeness (QED) is 0.228. The second-order valence-electron chi connectivity index (χ2n) is 6.87. The van der Waals surface area contributed by atoms with Gasteiger partial charge in [-0.05, 0) is 49.2 Å². The summed E-state index contributed by atoms with van der Waals surface area (Å²) in [5.41, 5.74) is 16.9. The highest BCUT2D eigenvalue weighted by molar-refractivity contribution is 7.90. The molecule has 17 heteroatoms. The molecular weight excluding hydrogens is 512 g/mol. The Hall–Kier alpha value is -4.98. The first-order valence-corrected chi connectivity index (χ1v) is 11.1. The van der Waals surface area contributed by atoms with E-state index in [9.17, 15) is 32.4 Å². The lowest BCUT2D eigenvalue weighted by Gasteiger charge is -2.14. The van der Waals surface area contributed by atoms with Crippen LogP contribution in [0.4, 0.5) is 10.5 Å². The van der Waals surface area contributed by atoms with Crippen LogP contribution in [0.25, 0.3) is 20.9 Å². The number of hydrogen-bond donors (Lipinski definition) is 0. The van der Waals surface area contributed by atoms with Gasteiger partial charge in [-0.15, -0.1) is 0 Å². The number of carbonyl (C=O) groups excluding carboxylic acids is 5. The van der Waals surface area contributed by atoms with Gasteiger partial charge in [0.05, 0.1) is 17.1 Å². The van der Waals surface area contributed by atoms with Crippen molar-refractivity contribution in [2.24, 2.45) is 9.63 Å². The van der Waals surface area contributed by atoms with Gasteiger partial charge in [-0.1, -0.05) is 7.43 Å². The first-order chi connectivity index (χ1) is 16.9. The van der Waals surface area contributed by atoms with Gasteiger partial charge in [0.25, 0.3) is 33.7 Å². The summed E-state index contributed by atoms with van der Waals surface area (Å²) in [5, 5.41) is 2.66. The number of azide groups is 2. The number of anilines is 1. The Morgan fingerprint density at radius 2 is 1.51 bits per heavy atom. The number of carbonyl (C=O) groups is 5. The van der Waals surface area contributed by atoms with E-state index in [1.165, 1.54) is 38.1 Å². The molecule has 194 valence electrons. The second-order valence-corrected chi connectivity index (χ2v) is 8.46. The van der Waals surface area contributed by atoms with Gasteiger partial charge in [0.1, 0.15) is 6.61 Å². The fourth-order valence-corrected chi connectivity index (χ4v) is 3.50. The van der Waals surface area contributed by atoms with Crippen LogP contribution in [0.5, 0.6) is 0 Å². The smallest absolute Gasteiger partial charge is 0.396 e. The van der Waals surface area contributed by atoms with Crippen LogP contribution in [-0.2, 0) is 33.9 Å². The fourth-order valence-electron chi connectivity index (χ4n) is 2.83. The first-order valence-electron chi connectivity index (χ1n) is 9.67. The minimum atomic E-state index is -4.08. The lowest BCUT2D eigenvalue weighted by atomic mass is 10.3. The van der Waals surface area contributed by atoms with Crippen LogP contribution in [0.15, 0.2) is 62.1 Å². The maximum atomic E-state index is 11.8. The Morgan fingerprint density at radius 1 is 0.946 bits per heavy atom. The summed E-state index contributed by atoms with van der Waals surface area (Å²) in [4.78, 5) is 62.6. The zero-order chi connectivity index (χ0) is 27.0. The Balaban J connectivity index is 0.000000369. The van der Waals surface area contributed by atoms with E-state index in [2.05, 4.69) is 24.2 Å². The average molecular weight is 532 g/mol. The van der Waals surface area contributed by atoms with E-state index >= 15 is 0 Å². The molecule has 0 aromatic heterocycles. The summed E-state index contributed by atoms with van der Waals surface area (Å²) in [5.74, 6) is -1.80. The predicted octanol–water partition coefficient (Wildman–Crippen LogP) is 2.89. The molecule has 16 nitrogen and oxygen atoms in total. The van der Waals surface area contributed by atoms with E-state index in [0.717, 1.165) is 21.9 Å². The summed E-state index contributed by atoms with van der Waals surface area (Å²) >= 11 is 0. The van der Waals surface area contributed by atoms with Crippen LogP contribution in [-0.4, -0.2) is 56.2 Å². The summed E-state index contributed by atoms with van der Waals surface area (Å²) in [6, 6.07) is 4.91. The van der Waals surface area contributed by atoms with Crippen molar-refractivity contribution in [3.63, 3.8) is 0 Å². The maximum Gasteiger partial charge on any atom is 0.396 e. The van der Waals surface area contributed by atoms with Crippen LogP contribution in [0, 0.1) is 0 Å². The monoisotopic (exact) mass is 532 g/mol. The maximum absolute atomic E-state index is 11.8. The topological polar surface area (TPSA) is 233 Å². The summed E-state index contributed by atoms with van der Waals surface area (Å²) in [6.45, 7) is 2.78. The molecule has 1 aromatic rings. The van der Waals surface area contributed by atoms with Gasteiger partial charge >= 0.3 is 6.09 Å². The van der Waals surface area contributed by atoms with Crippen LogP contribution in [0.1, 0.15) is 21.3 Å². The molecule has 0 saturated carbocycles. The standard InChI is InChI=1S/C11H8N4O4S.C8H8N4O4.CH4/c1-7-6-10(16)15(11(7)17)8-2-4-9(5-3-8)20(18,19)14-13-12;1-5-4-6(13)12(7(5)14)2-3-16-8(15)10-11-9;/h2-6H,1H3;4H,2-3H2,1H3;1H4. The molecule has 0 bridgehead atoms. The lowest BCUT2D eigenvalue weighted by Crippen LogP contribution is -2.34. The van der Waals surface area contributed by atoms with Crippen LogP contribution >= 0.6 is 0 Å². The van der Waals surface area contributed by atoms with E-state index in [-0.39, 0.29) is 31.2 Å². The van der Waals surface area contributed by atoms with E-state index in [0.29, 0.717) is 11.1 Å². The molecule has 0 unspecified atom stereocenters. The Morgan fingerprint density at radius 3 is 1.97 bits per heavy atom. The van der Waals surface area contributed by atoms with Crippen LogP contribution in [0.3, 0.4) is 0 Å². The third kappa shape index (κ3) is 7.25. The molecule has 37 heavy (non-hydrogen) atoms. The minimum absolute atomic E-state index is 0. The van der Waals surface area contributed by atoms with Crippen molar-refractivity contribution >= 4 is 45.4 Å². The third-order valence-corrected chi connectivity index (χ3v) is 5.65. The molecule has 5 amide bonds. The van der Waals surface area contributed by atoms with Crippen molar-refractivity contribution in [3.05, 3.63) is 68.4 Å². The number of hydrogen-bond acceptors (Lipinski definition) is 8. The number of amides is 5. The first kappa shape index (κ1) is 30.1. The van der Waals surface area contributed by atoms with Crippen molar-refractivity contribution in [3.8, 4) is 0 Å². The number of sulfonamides is 1. The number of ether oxygens (including phenoxy) is 1. The molecule has 2 aliphatic heterocycles. The molecule has 0 aliphatic carbocycles. The molecule has 2 aliphatic rings. The molecule has 0 fully saturated rings. The highest BCUT2D eigenvalue weighted by Gasteiger charge is 2.30. The molecular formula is C20H20N8O8S. The van der Waals surface area contributed by atoms with E-state index < -0.39 is 39.7 Å². The Bertz CT molecular complexity index is 1400. The van der Waals surface area contributed by atoms with Gasteiger partial charge in [-0.3, -0.25) is 24.1 Å². The van der Waals surface area contributed by atoms with Crippen molar-refractivity contribution in [2.75, 3.05) is 18.1 Å². The van der Waals surface area contributed by atoms with Crippen molar-refractivity contribution in [2.45, 2.75) is 26.2 Å². The zero-order valence-electron chi connectivity index (χ0n) is 18.6. The highest BCUT2D eigenvalue weighted by Crippen LogP contribution is 2.24. The van der Waals surface area contributed by atoms with E-state index in [1.54, 1.807) is 0 Å². The molecule has 0 N–H and O–H groups in total. The number of benzene rings is 1. The molecule has 1 aromatic carbocycles. The molecule has 0 atom stereocenters. The second kappa shape index (κ2) is 12.6. The predicted molar refractivity (Wildman–Crippen MR) is 127 cm³/mol. The minimum Gasteiger partial charge on any atom is -0.459 e. The summed E-state index contributed by atoms with van der Waals surface area (Å²) in [7, 11) is -4.08. The lowest BCUT2D eigenvalue weighted by molar-refractivity contribution is -0.137.